The highest BCUT2D eigenvalue weighted by atomic mass is 16.5. The summed E-state index contributed by atoms with van der Waals surface area (Å²) < 4.78 is 5.31. The smallest absolute Gasteiger partial charge is 0.266 e. The van der Waals surface area contributed by atoms with Gasteiger partial charge in [0.2, 0.25) is 5.89 Å². The summed E-state index contributed by atoms with van der Waals surface area (Å²) in [6.07, 6.45) is 5.09. The molecule has 5 nitrogen and oxygen atoms in total. The summed E-state index contributed by atoms with van der Waals surface area (Å²) in [5.74, 6) is 1.44. The van der Waals surface area contributed by atoms with E-state index in [0.717, 1.165) is 25.6 Å². The molecular weight excluding hydrogens is 216 g/mol. The van der Waals surface area contributed by atoms with Gasteiger partial charge in [-0.05, 0) is 31.5 Å². The maximum absolute atomic E-state index is 5.31. The molecule has 1 aliphatic rings. The lowest BCUT2D eigenvalue weighted by atomic mass is 10.2. The predicted octanol–water partition coefficient (Wildman–Crippen LogP) is 2.12. The van der Waals surface area contributed by atoms with E-state index in [2.05, 4.69) is 27.3 Å². The van der Waals surface area contributed by atoms with Crippen molar-refractivity contribution in [3.05, 3.63) is 5.89 Å². The highest BCUT2D eigenvalue weighted by Gasteiger charge is 2.18. The zero-order chi connectivity index (χ0) is 12.1. The molecule has 0 bridgehead atoms. The van der Waals surface area contributed by atoms with Gasteiger partial charge in [-0.25, -0.2) is 0 Å². The van der Waals surface area contributed by atoms with Gasteiger partial charge in [-0.1, -0.05) is 19.8 Å². The van der Waals surface area contributed by atoms with Crippen LogP contribution in [-0.2, 0) is 0 Å². The minimum absolute atomic E-state index is 0.133. The minimum Gasteiger partial charge on any atom is -0.338 e. The summed E-state index contributed by atoms with van der Waals surface area (Å²) in [6.45, 7) is 7.12. The van der Waals surface area contributed by atoms with Crippen molar-refractivity contribution in [1.29, 1.82) is 0 Å². The van der Waals surface area contributed by atoms with E-state index in [-0.39, 0.29) is 6.04 Å². The molecule has 96 valence electrons. The molecule has 0 saturated carbocycles. The van der Waals surface area contributed by atoms with Crippen molar-refractivity contribution in [1.82, 2.24) is 15.5 Å². The lowest BCUT2D eigenvalue weighted by Crippen LogP contribution is -2.25. The second kappa shape index (κ2) is 6.00. The van der Waals surface area contributed by atoms with E-state index < -0.39 is 0 Å². The molecule has 5 heteroatoms. The van der Waals surface area contributed by atoms with E-state index in [4.69, 9.17) is 4.52 Å². The van der Waals surface area contributed by atoms with Gasteiger partial charge in [0, 0.05) is 13.1 Å². The molecule has 0 amide bonds. The van der Waals surface area contributed by atoms with E-state index in [0.29, 0.717) is 5.89 Å². The fourth-order valence-corrected chi connectivity index (χ4v) is 2.20. The zero-order valence-electron chi connectivity index (χ0n) is 10.8. The van der Waals surface area contributed by atoms with E-state index in [1.165, 1.54) is 25.7 Å². The Balaban J connectivity index is 2.01. The molecule has 1 atom stereocenters. The van der Waals surface area contributed by atoms with Gasteiger partial charge >= 0.3 is 0 Å². The van der Waals surface area contributed by atoms with Crippen LogP contribution in [0.4, 0.5) is 5.95 Å². The van der Waals surface area contributed by atoms with E-state index in [1.807, 2.05) is 6.92 Å². The molecular formula is C12H22N4O. The normalized spacial score (nSPS) is 19.1. The maximum atomic E-state index is 5.31. The van der Waals surface area contributed by atoms with Crippen LogP contribution in [0.1, 0.15) is 51.5 Å². The molecule has 1 aromatic heterocycles. The summed E-state index contributed by atoms with van der Waals surface area (Å²) >= 11 is 0. The summed E-state index contributed by atoms with van der Waals surface area (Å²) in [6, 6.07) is 0.133. The first-order chi connectivity index (χ1) is 8.31. The Morgan fingerprint density at radius 2 is 2.00 bits per heavy atom. The third-order valence-electron chi connectivity index (χ3n) is 3.20. The molecule has 2 heterocycles. The van der Waals surface area contributed by atoms with Gasteiger partial charge in [-0.2, -0.15) is 4.98 Å². The molecule has 0 aromatic carbocycles. The van der Waals surface area contributed by atoms with Gasteiger partial charge < -0.3 is 14.7 Å². The summed E-state index contributed by atoms with van der Waals surface area (Å²) in [5.41, 5.74) is 0. The molecule has 1 aliphatic heterocycles. The Kier molecular flexibility index (Phi) is 4.36. The minimum atomic E-state index is 0.133. The highest BCUT2D eigenvalue weighted by Crippen LogP contribution is 2.18. The van der Waals surface area contributed by atoms with E-state index >= 15 is 0 Å². The number of rotatable bonds is 4. The molecule has 1 N–H and O–H groups in total. The quantitative estimate of drug-likeness (QED) is 0.870. The predicted molar refractivity (Wildman–Crippen MR) is 67.1 cm³/mol. The molecule has 1 aromatic rings. The number of nitrogens with one attached hydrogen (secondary N) is 1. The largest absolute Gasteiger partial charge is 0.338 e. The van der Waals surface area contributed by atoms with Gasteiger partial charge in [-0.15, -0.1) is 0 Å². The molecule has 1 saturated heterocycles. The van der Waals surface area contributed by atoms with Crippen LogP contribution in [0.2, 0.25) is 0 Å². The van der Waals surface area contributed by atoms with Crippen LogP contribution in [0.15, 0.2) is 4.52 Å². The fraction of sp³-hybridized carbons (Fsp3) is 0.833. The third kappa shape index (κ3) is 3.19. The van der Waals surface area contributed by atoms with Crippen LogP contribution >= 0.6 is 0 Å². The Morgan fingerprint density at radius 1 is 1.29 bits per heavy atom. The van der Waals surface area contributed by atoms with Crippen LogP contribution in [0.3, 0.4) is 0 Å². The van der Waals surface area contributed by atoms with Gasteiger partial charge in [0.25, 0.3) is 5.95 Å². The van der Waals surface area contributed by atoms with Crippen molar-refractivity contribution in [2.24, 2.45) is 0 Å². The first-order valence-corrected chi connectivity index (χ1v) is 6.63. The third-order valence-corrected chi connectivity index (χ3v) is 3.20. The van der Waals surface area contributed by atoms with Crippen LogP contribution in [-0.4, -0.2) is 29.8 Å². The Labute approximate surface area is 103 Å². The second-order valence-corrected chi connectivity index (χ2v) is 4.61. The maximum Gasteiger partial charge on any atom is 0.266 e. The molecule has 0 aliphatic carbocycles. The zero-order valence-corrected chi connectivity index (χ0v) is 10.8. The van der Waals surface area contributed by atoms with Crippen LogP contribution in [0.5, 0.6) is 0 Å². The Morgan fingerprint density at radius 3 is 2.65 bits per heavy atom. The van der Waals surface area contributed by atoms with Crippen molar-refractivity contribution >= 4 is 5.95 Å². The van der Waals surface area contributed by atoms with Crippen molar-refractivity contribution < 1.29 is 4.52 Å². The summed E-state index contributed by atoms with van der Waals surface area (Å²) in [4.78, 5) is 6.71. The van der Waals surface area contributed by atoms with Gasteiger partial charge in [0.1, 0.15) is 0 Å². The Hall–Kier alpha value is -1.10. The summed E-state index contributed by atoms with van der Waals surface area (Å²) in [7, 11) is 0. The molecule has 17 heavy (non-hydrogen) atoms. The lowest BCUT2D eigenvalue weighted by Gasteiger charge is -2.16. The highest BCUT2D eigenvalue weighted by molar-refractivity contribution is 5.27. The van der Waals surface area contributed by atoms with Crippen molar-refractivity contribution in [3.8, 4) is 0 Å². The van der Waals surface area contributed by atoms with Crippen LogP contribution in [0.25, 0.3) is 0 Å². The van der Waals surface area contributed by atoms with Crippen molar-refractivity contribution in [2.75, 3.05) is 24.5 Å². The lowest BCUT2D eigenvalue weighted by molar-refractivity contribution is 0.341. The number of anilines is 1. The summed E-state index contributed by atoms with van der Waals surface area (Å²) in [5, 5.41) is 7.36. The van der Waals surface area contributed by atoms with Crippen LogP contribution in [0, 0.1) is 0 Å². The topological polar surface area (TPSA) is 54.2 Å². The monoisotopic (exact) mass is 238 g/mol. The van der Waals surface area contributed by atoms with Gasteiger partial charge in [0.15, 0.2) is 0 Å². The Bertz CT molecular complexity index is 331. The molecule has 2 rings (SSSR count). The number of nitrogens with zero attached hydrogens (tertiary/aromatic N) is 3. The molecule has 1 fully saturated rings. The average Bonchev–Trinajstić information content (AvgIpc) is 2.66. The molecule has 1 unspecified atom stereocenters. The molecule has 0 radical (unpaired) electrons. The van der Waals surface area contributed by atoms with Crippen molar-refractivity contribution in [2.45, 2.75) is 45.6 Å². The van der Waals surface area contributed by atoms with E-state index in [9.17, 15) is 0 Å². The van der Waals surface area contributed by atoms with Gasteiger partial charge in [0.05, 0.1) is 6.04 Å². The fourth-order valence-electron chi connectivity index (χ4n) is 2.20. The first-order valence-electron chi connectivity index (χ1n) is 6.63. The van der Waals surface area contributed by atoms with Crippen molar-refractivity contribution in [3.63, 3.8) is 0 Å². The number of hydrogen-bond donors (Lipinski definition) is 1. The SMILES string of the molecule is CCNC(C)c1nc(N2CCCCCC2)no1. The molecule has 0 spiro atoms. The average molecular weight is 238 g/mol. The standard InChI is InChI=1S/C12H22N4O/c1-3-13-10(2)11-14-12(15-17-11)16-8-6-4-5-7-9-16/h10,13H,3-9H2,1-2H3. The van der Waals surface area contributed by atoms with Crippen LogP contribution < -0.4 is 10.2 Å². The van der Waals surface area contributed by atoms with Gasteiger partial charge in [-0.3, -0.25) is 0 Å². The second-order valence-electron chi connectivity index (χ2n) is 4.61. The van der Waals surface area contributed by atoms with E-state index in [1.54, 1.807) is 0 Å². The number of aromatic nitrogens is 2. The first kappa shape index (κ1) is 12.4. The number of hydrogen-bond acceptors (Lipinski definition) is 5.